The Balaban J connectivity index is 3.15. The Morgan fingerprint density at radius 1 is 1.71 bits per heavy atom. The summed E-state index contributed by atoms with van der Waals surface area (Å²) in [5.41, 5.74) is 5.57. The molecule has 78 valence electrons. The maximum Gasteiger partial charge on any atom is 0.355 e. The lowest BCUT2D eigenvalue weighted by Crippen LogP contribution is -2.31. The van der Waals surface area contributed by atoms with E-state index in [1.165, 1.54) is 11.3 Å². The predicted octanol–water partition coefficient (Wildman–Crippen LogP) is 1.73. The molecular formula is C9H14N2O2S. The van der Waals surface area contributed by atoms with Crippen molar-refractivity contribution in [3.63, 3.8) is 0 Å². The summed E-state index contributed by atoms with van der Waals surface area (Å²) in [5.74, 6) is -0.989. The second-order valence-corrected chi connectivity index (χ2v) is 4.70. The third kappa shape index (κ3) is 1.93. The van der Waals surface area contributed by atoms with Crippen molar-refractivity contribution in [1.82, 2.24) is 4.98 Å². The summed E-state index contributed by atoms with van der Waals surface area (Å²) in [5, 5.41) is 9.51. The van der Waals surface area contributed by atoms with Crippen LogP contribution in [0, 0.1) is 6.92 Å². The van der Waals surface area contributed by atoms with Gasteiger partial charge in [-0.15, -0.1) is 11.3 Å². The Kier molecular flexibility index (Phi) is 2.92. The molecule has 0 radical (unpaired) electrons. The van der Waals surface area contributed by atoms with E-state index in [2.05, 4.69) is 4.98 Å². The van der Waals surface area contributed by atoms with Crippen molar-refractivity contribution in [1.29, 1.82) is 0 Å². The predicted molar refractivity (Wildman–Crippen MR) is 55.6 cm³/mol. The van der Waals surface area contributed by atoms with Gasteiger partial charge >= 0.3 is 5.97 Å². The van der Waals surface area contributed by atoms with Gasteiger partial charge in [-0.1, -0.05) is 6.92 Å². The maximum absolute atomic E-state index is 10.8. The number of aromatic nitrogens is 1. The van der Waals surface area contributed by atoms with E-state index in [1.54, 1.807) is 6.92 Å². The van der Waals surface area contributed by atoms with Crippen molar-refractivity contribution in [2.45, 2.75) is 32.7 Å². The number of aromatic carboxylic acids is 1. The van der Waals surface area contributed by atoms with E-state index >= 15 is 0 Å². The largest absolute Gasteiger partial charge is 0.476 e. The Morgan fingerprint density at radius 2 is 2.29 bits per heavy atom. The third-order valence-electron chi connectivity index (χ3n) is 2.22. The zero-order valence-electron chi connectivity index (χ0n) is 8.50. The van der Waals surface area contributed by atoms with Crippen molar-refractivity contribution in [2.75, 3.05) is 0 Å². The van der Waals surface area contributed by atoms with E-state index in [9.17, 15) is 4.79 Å². The van der Waals surface area contributed by atoms with Crippen LogP contribution in [-0.4, -0.2) is 16.1 Å². The van der Waals surface area contributed by atoms with Crippen LogP contribution >= 0.6 is 11.3 Å². The zero-order chi connectivity index (χ0) is 10.9. The number of thiazole rings is 1. The van der Waals surface area contributed by atoms with Gasteiger partial charge in [-0.3, -0.25) is 0 Å². The molecule has 1 aromatic heterocycles. The van der Waals surface area contributed by atoms with Gasteiger partial charge in [0.1, 0.15) is 5.01 Å². The molecule has 1 heterocycles. The lowest BCUT2D eigenvalue weighted by molar-refractivity contribution is 0.0690. The van der Waals surface area contributed by atoms with Gasteiger partial charge in [0.05, 0.1) is 5.54 Å². The summed E-state index contributed by atoms with van der Waals surface area (Å²) in [7, 11) is 0. The molecule has 0 spiro atoms. The van der Waals surface area contributed by atoms with Crippen molar-refractivity contribution in [3.05, 3.63) is 15.6 Å². The molecule has 1 aromatic rings. The molecule has 14 heavy (non-hydrogen) atoms. The highest BCUT2D eigenvalue weighted by Gasteiger charge is 2.25. The number of rotatable bonds is 3. The van der Waals surface area contributed by atoms with Crippen molar-refractivity contribution in [3.8, 4) is 0 Å². The first-order valence-electron chi connectivity index (χ1n) is 4.38. The van der Waals surface area contributed by atoms with Gasteiger partial charge in [-0.05, 0) is 20.3 Å². The van der Waals surface area contributed by atoms with Gasteiger partial charge in [-0.2, -0.15) is 0 Å². The van der Waals surface area contributed by atoms with Gasteiger partial charge in [0.2, 0.25) is 0 Å². The minimum atomic E-state index is -0.989. The van der Waals surface area contributed by atoms with Crippen molar-refractivity contribution in [2.24, 2.45) is 5.73 Å². The highest BCUT2D eigenvalue weighted by molar-refractivity contribution is 7.12. The van der Waals surface area contributed by atoms with Crippen LogP contribution in [0.3, 0.4) is 0 Å². The number of carboxylic acid groups (broad SMARTS) is 1. The van der Waals surface area contributed by atoms with E-state index < -0.39 is 11.5 Å². The Bertz CT molecular complexity index is 358. The monoisotopic (exact) mass is 214 g/mol. The minimum Gasteiger partial charge on any atom is -0.476 e. The van der Waals surface area contributed by atoms with Crippen LogP contribution < -0.4 is 5.73 Å². The molecule has 4 nitrogen and oxygen atoms in total. The molecule has 0 aromatic carbocycles. The second kappa shape index (κ2) is 3.67. The van der Waals surface area contributed by atoms with Crippen LogP contribution in [0.15, 0.2) is 0 Å². The van der Waals surface area contributed by atoms with E-state index in [1.807, 2.05) is 13.8 Å². The molecular weight excluding hydrogens is 200 g/mol. The summed E-state index contributed by atoms with van der Waals surface area (Å²) < 4.78 is 0. The fourth-order valence-electron chi connectivity index (χ4n) is 0.990. The van der Waals surface area contributed by atoms with E-state index in [4.69, 9.17) is 10.8 Å². The van der Waals surface area contributed by atoms with Crippen LogP contribution in [0.2, 0.25) is 0 Å². The number of nitrogens with two attached hydrogens (primary N) is 1. The molecule has 5 heteroatoms. The van der Waals surface area contributed by atoms with Gasteiger partial charge in [0.25, 0.3) is 0 Å². The van der Waals surface area contributed by atoms with Gasteiger partial charge in [0, 0.05) is 4.88 Å². The number of carboxylic acids is 1. The van der Waals surface area contributed by atoms with Crippen LogP contribution in [0.25, 0.3) is 0 Å². The number of carbonyl (C=O) groups is 1. The van der Waals surface area contributed by atoms with Gasteiger partial charge < -0.3 is 10.8 Å². The second-order valence-electron chi connectivity index (χ2n) is 3.50. The SMILES string of the molecule is CCC(C)(N)c1nc(C(=O)O)c(C)s1. The standard InChI is InChI=1S/C9H14N2O2S/c1-4-9(3,10)8-11-6(7(12)13)5(2)14-8/h4,10H2,1-3H3,(H,12,13). The molecule has 0 aliphatic heterocycles. The summed E-state index contributed by atoms with van der Waals surface area (Å²) >= 11 is 1.36. The van der Waals surface area contributed by atoms with E-state index in [0.717, 1.165) is 6.42 Å². The number of nitrogens with zero attached hydrogens (tertiary/aromatic N) is 1. The fraction of sp³-hybridized carbons (Fsp3) is 0.556. The molecule has 1 atom stereocenters. The van der Waals surface area contributed by atoms with Crippen LogP contribution in [0.1, 0.15) is 40.6 Å². The number of hydrogen-bond acceptors (Lipinski definition) is 4. The first-order valence-corrected chi connectivity index (χ1v) is 5.20. The average molecular weight is 214 g/mol. The first kappa shape index (κ1) is 11.1. The lowest BCUT2D eigenvalue weighted by Gasteiger charge is -2.18. The first-order chi connectivity index (χ1) is 6.38. The molecule has 0 fully saturated rings. The zero-order valence-corrected chi connectivity index (χ0v) is 9.31. The molecule has 0 bridgehead atoms. The molecule has 0 amide bonds. The molecule has 1 unspecified atom stereocenters. The Hall–Kier alpha value is -0.940. The van der Waals surface area contributed by atoms with E-state index in [-0.39, 0.29) is 5.69 Å². The summed E-state index contributed by atoms with van der Waals surface area (Å²) in [6, 6.07) is 0. The van der Waals surface area contributed by atoms with Crippen LogP contribution in [-0.2, 0) is 5.54 Å². The highest BCUT2D eigenvalue weighted by Crippen LogP contribution is 2.28. The third-order valence-corrected chi connectivity index (χ3v) is 3.47. The molecule has 0 aliphatic rings. The summed E-state index contributed by atoms with van der Waals surface area (Å²) in [6.07, 6.45) is 0.735. The van der Waals surface area contributed by atoms with Crippen molar-refractivity contribution < 1.29 is 9.90 Å². The lowest BCUT2D eigenvalue weighted by atomic mass is 10.0. The minimum absolute atomic E-state index is 0.120. The molecule has 0 saturated heterocycles. The molecule has 1 rings (SSSR count). The molecule has 3 N–H and O–H groups in total. The smallest absolute Gasteiger partial charge is 0.355 e. The quantitative estimate of drug-likeness (QED) is 0.803. The van der Waals surface area contributed by atoms with E-state index in [0.29, 0.717) is 9.88 Å². The van der Waals surface area contributed by atoms with Crippen LogP contribution in [0.5, 0.6) is 0 Å². The molecule has 0 saturated carbocycles. The Morgan fingerprint density at radius 3 is 2.64 bits per heavy atom. The number of hydrogen-bond donors (Lipinski definition) is 2. The summed E-state index contributed by atoms with van der Waals surface area (Å²) in [6.45, 7) is 5.56. The van der Waals surface area contributed by atoms with Crippen LogP contribution in [0.4, 0.5) is 0 Å². The van der Waals surface area contributed by atoms with Crippen molar-refractivity contribution >= 4 is 17.3 Å². The van der Waals surface area contributed by atoms with Gasteiger partial charge in [0.15, 0.2) is 5.69 Å². The summed E-state index contributed by atoms with van der Waals surface area (Å²) in [4.78, 5) is 15.5. The topological polar surface area (TPSA) is 76.2 Å². The molecule has 0 aliphatic carbocycles. The number of aryl methyl sites for hydroxylation is 1. The average Bonchev–Trinajstić information content (AvgIpc) is 2.48. The Labute approximate surface area is 86.8 Å². The fourth-order valence-corrected chi connectivity index (χ4v) is 2.02. The highest BCUT2D eigenvalue weighted by atomic mass is 32.1. The normalized spacial score (nSPS) is 15.1. The van der Waals surface area contributed by atoms with Gasteiger partial charge in [-0.25, -0.2) is 9.78 Å². The maximum atomic E-state index is 10.8.